The number of halogens is 3. The molecule has 0 amide bonds. The molecule has 0 heterocycles. The first-order valence-electron chi connectivity index (χ1n) is 7.23. The fourth-order valence-electron chi connectivity index (χ4n) is 2.08. The summed E-state index contributed by atoms with van der Waals surface area (Å²) >= 11 is 18.1. The van der Waals surface area contributed by atoms with Gasteiger partial charge in [0.15, 0.2) is 11.5 Å². The van der Waals surface area contributed by atoms with Crippen LogP contribution in [0.5, 0.6) is 11.5 Å². The van der Waals surface area contributed by atoms with E-state index in [1.54, 1.807) is 25.3 Å². The Hall–Kier alpha value is -1.29. The number of anilines is 1. The summed E-state index contributed by atoms with van der Waals surface area (Å²) in [6.07, 6.45) is 0.908. The van der Waals surface area contributed by atoms with Crippen molar-refractivity contribution in [1.82, 2.24) is 0 Å². The monoisotopic (exact) mass is 373 g/mol. The van der Waals surface area contributed by atoms with Crippen LogP contribution in [-0.4, -0.2) is 13.7 Å². The van der Waals surface area contributed by atoms with E-state index >= 15 is 0 Å². The number of rotatable bonds is 7. The molecule has 0 saturated heterocycles. The van der Waals surface area contributed by atoms with Gasteiger partial charge in [0, 0.05) is 28.9 Å². The molecule has 0 aliphatic rings. The molecule has 6 heteroatoms. The van der Waals surface area contributed by atoms with Crippen molar-refractivity contribution in [3.63, 3.8) is 0 Å². The van der Waals surface area contributed by atoms with E-state index in [9.17, 15) is 0 Å². The molecule has 0 unspecified atom stereocenters. The van der Waals surface area contributed by atoms with Gasteiger partial charge in [0.05, 0.1) is 23.8 Å². The Kier molecular flexibility index (Phi) is 6.70. The molecule has 0 radical (unpaired) electrons. The molecule has 2 aromatic carbocycles. The van der Waals surface area contributed by atoms with Crippen molar-refractivity contribution in [3.8, 4) is 11.5 Å². The molecule has 124 valence electrons. The molecule has 0 spiro atoms. The van der Waals surface area contributed by atoms with Gasteiger partial charge in [-0.1, -0.05) is 41.7 Å². The Labute approximate surface area is 151 Å². The highest BCUT2D eigenvalue weighted by Gasteiger charge is 2.13. The lowest BCUT2D eigenvalue weighted by Gasteiger charge is -2.16. The van der Waals surface area contributed by atoms with E-state index in [4.69, 9.17) is 44.3 Å². The minimum absolute atomic E-state index is 0.503. The number of nitrogens with one attached hydrogen (secondary N) is 1. The van der Waals surface area contributed by atoms with Gasteiger partial charge >= 0.3 is 0 Å². The zero-order valence-corrected chi connectivity index (χ0v) is 15.2. The van der Waals surface area contributed by atoms with Crippen molar-refractivity contribution in [2.75, 3.05) is 19.0 Å². The van der Waals surface area contributed by atoms with E-state index in [1.165, 1.54) is 0 Å². The van der Waals surface area contributed by atoms with Gasteiger partial charge in [0.1, 0.15) is 0 Å². The Bertz CT molecular complexity index is 677. The van der Waals surface area contributed by atoms with Crippen molar-refractivity contribution in [2.45, 2.75) is 19.9 Å². The van der Waals surface area contributed by atoms with Gasteiger partial charge in [0.25, 0.3) is 0 Å². The molecule has 0 aromatic heterocycles. The van der Waals surface area contributed by atoms with Crippen LogP contribution in [0.4, 0.5) is 5.69 Å². The highest BCUT2D eigenvalue weighted by Crippen LogP contribution is 2.35. The lowest BCUT2D eigenvalue weighted by molar-refractivity contribution is 0.291. The summed E-state index contributed by atoms with van der Waals surface area (Å²) in [7, 11) is 1.60. The van der Waals surface area contributed by atoms with Crippen LogP contribution in [0.15, 0.2) is 30.3 Å². The molecule has 3 nitrogen and oxygen atoms in total. The van der Waals surface area contributed by atoms with E-state index in [2.05, 4.69) is 12.2 Å². The predicted octanol–water partition coefficient (Wildman–Crippen LogP) is 6.06. The molecular weight excluding hydrogens is 357 g/mol. The summed E-state index contributed by atoms with van der Waals surface area (Å²) in [5, 5.41) is 4.91. The molecule has 0 saturated carbocycles. The molecular formula is C17H18Cl3NO2. The van der Waals surface area contributed by atoms with E-state index in [-0.39, 0.29) is 0 Å². The summed E-state index contributed by atoms with van der Waals surface area (Å²) in [5.41, 5.74) is 1.77. The smallest absolute Gasteiger partial charge is 0.166 e. The summed E-state index contributed by atoms with van der Waals surface area (Å²) < 4.78 is 11.2. The molecule has 2 aromatic rings. The summed E-state index contributed by atoms with van der Waals surface area (Å²) in [4.78, 5) is 0. The van der Waals surface area contributed by atoms with Crippen LogP contribution in [-0.2, 0) is 6.54 Å². The fraction of sp³-hybridized carbons (Fsp3) is 0.294. The van der Waals surface area contributed by atoms with Crippen molar-refractivity contribution in [1.29, 1.82) is 0 Å². The lowest BCUT2D eigenvalue weighted by Crippen LogP contribution is -2.06. The Morgan fingerprint density at radius 1 is 1.04 bits per heavy atom. The van der Waals surface area contributed by atoms with Gasteiger partial charge in [-0.2, -0.15) is 0 Å². The molecule has 0 aliphatic carbocycles. The van der Waals surface area contributed by atoms with Gasteiger partial charge in [-0.3, -0.25) is 0 Å². The largest absolute Gasteiger partial charge is 0.493 e. The average Bonchev–Trinajstić information content (AvgIpc) is 2.54. The summed E-state index contributed by atoms with van der Waals surface area (Å²) in [6.45, 7) is 3.18. The fourth-order valence-corrected chi connectivity index (χ4v) is 2.61. The van der Waals surface area contributed by atoms with Crippen LogP contribution < -0.4 is 14.8 Å². The van der Waals surface area contributed by atoms with Gasteiger partial charge < -0.3 is 14.8 Å². The maximum atomic E-state index is 6.16. The Morgan fingerprint density at radius 3 is 2.48 bits per heavy atom. The quantitative estimate of drug-likeness (QED) is 0.639. The molecule has 0 atom stereocenters. The van der Waals surface area contributed by atoms with E-state index < -0.39 is 0 Å². The first-order chi connectivity index (χ1) is 11.0. The molecule has 2 rings (SSSR count). The third kappa shape index (κ3) is 4.84. The second-order valence-corrected chi connectivity index (χ2v) is 6.18. The first kappa shape index (κ1) is 18.1. The van der Waals surface area contributed by atoms with E-state index in [0.717, 1.165) is 17.7 Å². The second kappa shape index (κ2) is 8.53. The summed E-state index contributed by atoms with van der Waals surface area (Å²) in [5.74, 6) is 1.32. The lowest BCUT2D eigenvalue weighted by atomic mass is 10.1. The minimum Gasteiger partial charge on any atom is -0.493 e. The normalized spacial score (nSPS) is 10.5. The van der Waals surface area contributed by atoms with Crippen LogP contribution in [0.2, 0.25) is 15.1 Å². The van der Waals surface area contributed by atoms with Crippen LogP contribution in [0.25, 0.3) is 0 Å². The molecule has 23 heavy (non-hydrogen) atoms. The van der Waals surface area contributed by atoms with Gasteiger partial charge in [-0.15, -0.1) is 0 Å². The van der Waals surface area contributed by atoms with Crippen molar-refractivity contribution < 1.29 is 9.47 Å². The third-order valence-electron chi connectivity index (χ3n) is 3.17. The zero-order valence-electron chi connectivity index (χ0n) is 13.0. The van der Waals surface area contributed by atoms with Crippen molar-refractivity contribution in [3.05, 3.63) is 51.0 Å². The number of methoxy groups -OCH3 is 1. The van der Waals surface area contributed by atoms with Crippen LogP contribution in [0, 0.1) is 0 Å². The number of benzene rings is 2. The molecule has 0 aliphatic heterocycles. The van der Waals surface area contributed by atoms with Gasteiger partial charge in [-0.05, 0) is 30.7 Å². The third-order valence-corrected chi connectivity index (χ3v) is 4.13. The maximum absolute atomic E-state index is 6.16. The topological polar surface area (TPSA) is 30.5 Å². The zero-order chi connectivity index (χ0) is 16.8. The van der Waals surface area contributed by atoms with Crippen LogP contribution >= 0.6 is 34.8 Å². The Balaban J connectivity index is 2.23. The minimum atomic E-state index is 0.503. The predicted molar refractivity (Wildman–Crippen MR) is 97.6 cm³/mol. The van der Waals surface area contributed by atoms with Crippen molar-refractivity contribution >= 4 is 40.5 Å². The van der Waals surface area contributed by atoms with Gasteiger partial charge in [0.2, 0.25) is 0 Å². The first-order valence-corrected chi connectivity index (χ1v) is 8.36. The highest BCUT2D eigenvalue weighted by atomic mass is 35.5. The number of ether oxygens (including phenoxy) is 2. The van der Waals surface area contributed by atoms with Crippen molar-refractivity contribution in [2.24, 2.45) is 0 Å². The number of hydrogen-bond acceptors (Lipinski definition) is 3. The van der Waals surface area contributed by atoms with E-state index in [0.29, 0.717) is 39.7 Å². The SMILES string of the molecule is CCCOc1c(CNc2ccc(Cl)c(Cl)c2)cc(Cl)cc1OC. The highest BCUT2D eigenvalue weighted by molar-refractivity contribution is 6.42. The standard InChI is InChI=1S/C17H18Cl3NO2/c1-3-6-23-17-11(7-12(18)8-16(17)22-2)10-21-13-4-5-14(19)15(20)9-13/h4-5,7-9,21H,3,6,10H2,1-2H3. The van der Waals surface area contributed by atoms with Gasteiger partial charge in [-0.25, -0.2) is 0 Å². The number of hydrogen-bond donors (Lipinski definition) is 1. The van der Waals surface area contributed by atoms with Crippen LogP contribution in [0.3, 0.4) is 0 Å². The molecule has 0 fully saturated rings. The second-order valence-electron chi connectivity index (χ2n) is 4.93. The molecule has 1 N–H and O–H groups in total. The molecule has 0 bridgehead atoms. The van der Waals surface area contributed by atoms with Crippen LogP contribution in [0.1, 0.15) is 18.9 Å². The van der Waals surface area contributed by atoms with E-state index in [1.807, 2.05) is 12.1 Å². The Morgan fingerprint density at radius 2 is 1.83 bits per heavy atom. The average molecular weight is 375 g/mol. The maximum Gasteiger partial charge on any atom is 0.166 e. The summed E-state index contributed by atoms with van der Waals surface area (Å²) in [6, 6.07) is 8.99.